The fourth-order valence-electron chi connectivity index (χ4n) is 2.74. The highest BCUT2D eigenvalue weighted by molar-refractivity contribution is 5.88. The molecule has 3 rings (SSSR count). The van der Waals surface area contributed by atoms with Gasteiger partial charge in [-0.25, -0.2) is 4.79 Å². The molecule has 2 aromatic carbocycles. The Kier molecular flexibility index (Phi) is 3.52. The number of aryl methyl sites for hydroxylation is 1. The summed E-state index contributed by atoms with van der Waals surface area (Å²) in [5.74, 6) is -0.894. The van der Waals surface area contributed by atoms with Gasteiger partial charge in [0.15, 0.2) is 0 Å². The number of aromatic carboxylic acids is 1. The Morgan fingerprint density at radius 1 is 1.33 bits per heavy atom. The van der Waals surface area contributed by atoms with E-state index < -0.39 is 5.97 Å². The quantitative estimate of drug-likeness (QED) is 0.805. The van der Waals surface area contributed by atoms with Crippen LogP contribution < -0.4 is 10.6 Å². The Balaban J connectivity index is 1.77. The number of anilines is 2. The third-order valence-electron chi connectivity index (χ3n) is 3.88. The monoisotopic (exact) mass is 282 g/mol. The minimum absolute atomic E-state index is 0.320. The summed E-state index contributed by atoms with van der Waals surface area (Å²) in [6.07, 6.45) is 1.08. The summed E-state index contributed by atoms with van der Waals surface area (Å²) in [6.45, 7) is 3.64. The molecule has 3 N–H and O–H groups in total. The number of carboxylic acid groups (broad SMARTS) is 1. The van der Waals surface area contributed by atoms with Crippen molar-refractivity contribution >= 4 is 17.3 Å². The van der Waals surface area contributed by atoms with Crippen molar-refractivity contribution in [2.24, 2.45) is 0 Å². The van der Waals surface area contributed by atoms with Gasteiger partial charge in [0, 0.05) is 24.5 Å². The third kappa shape index (κ3) is 2.70. The van der Waals surface area contributed by atoms with Crippen LogP contribution in [0.4, 0.5) is 11.4 Å². The van der Waals surface area contributed by atoms with Crippen molar-refractivity contribution in [3.63, 3.8) is 0 Å². The maximum atomic E-state index is 10.9. The molecule has 2 aromatic rings. The maximum Gasteiger partial charge on any atom is 0.335 e. The van der Waals surface area contributed by atoms with Crippen LogP contribution in [0.3, 0.4) is 0 Å². The fourth-order valence-corrected chi connectivity index (χ4v) is 2.74. The van der Waals surface area contributed by atoms with E-state index >= 15 is 0 Å². The van der Waals surface area contributed by atoms with Gasteiger partial charge in [0.05, 0.1) is 5.56 Å². The highest BCUT2D eigenvalue weighted by Gasteiger charge is 2.13. The van der Waals surface area contributed by atoms with Crippen molar-refractivity contribution in [3.8, 4) is 0 Å². The predicted octanol–water partition coefficient (Wildman–Crippen LogP) is 3.27. The Hall–Kier alpha value is -2.49. The number of hydrogen-bond acceptors (Lipinski definition) is 3. The van der Waals surface area contributed by atoms with E-state index in [1.807, 2.05) is 13.0 Å². The first kappa shape index (κ1) is 13.5. The van der Waals surface area contributed by atoms with E-state index in [1.54, 1.807) is 12.1 Å². The van der Waals surface area contributed by atoms with E-state index in [0.717, 1.165) is 30.8 Å². The lowest BCUT2D eigenvalue weighted by molar-refractivity contribution is 0.0697. The fraction of sp³-hybridized carbons (Fsp3) is 0.235. The van der Waals surface area contributed by atoms with Gasteiger partial charge in [-0.1, -0.05) is 18.2 Å². The number of carboxylic acids is 1. The molecule has 0 saturated carbocycles. The van der Waals surface area contributed by atoms with Gasteiger partial charge in [-0.3, -0.25) is 0 Å². The molecule has 0 atom stereocenters. The predicted molar refractivity (Wildman–Crippen MR) is 84.1 cm³/mol. The van der Waals surface area contributed by atoms with Crippen LogP contribution in [0.5, 0.6) is 0 Å². The van der Waals surface area contributed by atoms with Crippen LogP contribution in [0.25, 0.3) is 0 Å². The second-order valence-corrected chi connectivity index (χ2v) is 5.32. The normalized spacial score (nSPS) is 12.6. The SMILES string of the molecule is Cc1cc(C(=O)O)ccc1NCc1cccc2c1NCC2. The van der Waals surface area contributed by atoms with Gasteiger partial charge < -0.3 is 15.7 Å². The highest BCUT2D eigenvalue weighted by atomic mass is 16.4. The molecule has 21 heavy (non-hydrogen) atoms. The van der Waals surface area contributed by atoms with Gasteiger partial charge in [-0.05, 0) is 48.2 Å². The van der Waals surface area contributed by atoms with Gasteiger partial charge in [0.1, 0.15) is 0 Å². The first-order valence-electron chi connectivity index (χ1n) is 7.07. The largest absolute Gasteiger partial charge is 0.478 e. The molecule has 1 aliphatic heterocycles. The molecule has 4 nitrogen and oxygen atoms in total. The molecule has 0 fully saturated rings. The summed E-state index contributed by atoms with van der Waals surface area (Å²) >= 11 is 0. The first-order chi connectivity index (χ1) is 10.1. The van der Waals surface area contributed by atoms with Gasteiger partial charge in [-0.15, -0.1) is 0 Å². The molecule has 1 heterocycles. The Bertz CT molecular complexity index is 695. The number of fused-ring (bicyclic) bond motifs is 1. The van der Waals surface area contributed by atoms with E-state index in [2.05, 4.69) is 28.8 Å². The van der Waals surface area contributed by atoms with Crippen LogP contribution >= 0.6 is 0 Å². The third-order valence-corrected chi connectivity index (χ3v) is 3.88. The van der Waals surface area contributed by atoms with E-state index in [0.29, 0.717) is 5.56 Å². The van der Waals surface area contributed by atoms with Gasteiger partial charge in [-0.2, -0.15) is 0 Å². The zero-order valence-corrected chi connectivity index (χ0v) is 11.9. The van der Waals surface area contributed by atoms with Crippen LogP contribution in [-0.4, -0.2) is 17.6 Å². The van der Waals surface area contributed by atoms with Crippen molar-refractivity contribution < 1.29 is 9.90 Å². The van der Waals surface area contributed by atoms with E-state index in [4.69, 9.17) is 5.11 Å². The molecule has 0 saturated heterocycles. The lowest BCUT2D eigenvalue weighted by atomic mass is 10.1. The molecule has 0 radical (unpaired) electrons. The minimum atomic E-state index is -0.894. The smallest absolute Gasteiger partial charge is 0.335 e. The summed E-state index contributed by atoms with van der Waals surface area (Å²) in [6, 6.07) is 11.5. The number of benzene rings is 2. The van der Waals surface area contributed by atoms with Crippen molar-refractivity contribution in [2.75, 3.05) is 17.2 Å². The number of hydrogen-bond donors (Lipinski definition) is 3. The van der Waals surface area contributed by atoms with Crippen molar-refractivity contribution in [3.05, 3.63) is 58.7 Å². The summed E-state index contributed by atoms with van der Waals surface area (Å²) in [4.78, 5) is 10.9. The molecule has 1 aliphatic rings. The maximum absolute atomic E-state index is 10.9. The molecular weight excluding hydrogens is 264 g/mol. The van der Waals surface area contributed by atoms with Gasteiger partial charge >= 0.3 is 5.97 Å². The van der Waals surface area contributed by atoms with Crippen molar-refractivity contribution in [1.29, 1.82) is 0 Å². The van der Waals surface area contributed by atoms with Gasteiger partial charge in [0.2, 0.25) is 0 Å². The summed E-state index contributed by atoms with van der Waals surface area (Å²) in [5, 5.41) is 15.8. The van der Waals surface area contributed by atoms with Crippen LogP contribution in [0.15, 0.2) is 36.4 Å². The Morgan fingerprint density at radius 2 is 2.19 bits per heavy atom. The second-order valence-electron chi connectivity index (χ2n) is 5.32. The highest BCUT2D eigenvalue weighted by Crippen LogP contribution is 2.27. The van der Waals surface area contributed by atoms with E-state index in [-0.39, 0.29) is 0 Å². The molecule has 0 spiro atoms. The topological polar surface area (TPSA) is 61.4 Å². The van der Waals surface area contributed by atoms with Crippen LogP contribution in [0, 0.1) is 6.92 Å². The van der Waals surface area contributed by atoms with Crippen LogP contribution in [-0.2, 0) is 13.0 Å². The minimum Gasteiger partial charge on any atom is -0.478 e. The zero-order chi connectivity index (χ0) is 14.8. The molecular formula is C17H18N2O2. The summed E-state index contributed by atoms with van der Waals surface area (Å²) in [5.41, 5.74) is 6.08. The summed E-state index contributed by atoms with van der Waals surface area (Å²) < 4.78 is 0. The second kappa shape index (κ2) is 5.48. The first-order valence-corrected chi connectivity index (χ1v) is 7.07. The van der Waals surface area contributed by atoms with Crippen LogP contribution in [0.1, 0.15) is 27.0 Å². The average molecular weight is 282 g/mol. The molecule has 0 aromatic heterocycles. The molecule has 0 unspecified atom stereocenters. The number of para-hydroxylation sites is 1. The Labute approximate surface area is 123 Å². The van der Waals surface area contributed by atoms with Crippen molar-refractivity contribution in [2.45, 2.75) is 19.9 Å². The van der Waals surface area contributed by atoms with Crippen molar-refractivity contribution in [1.82, 2.24) is 0 Å². The number of rotatable bonds is 4. The number of nitrogens with one attached hydrogen (secondary N) is 2. The molecule has 0 amide bonds. The lowest BCUT2D eigenvalue weighted by Crippen LogP contribution is -2.05. The molecule has 4 heteroatoms. The lowest BCUT2D eigenvalue weighted by Gasteiger charge is -2.13. The molecule has 108 valence electrons. The van der Waals surface area contributed by atoms with E-state index in [9.17, 15) is 4.79 Å². The number of carbonyl (C=O) groups is 1. The zero-order valence-electron chi connectivity index (χ0n) is 11.9. The Morgan fingerprint density at radius 3 is 2.95 bits per heavy atom. The standard InChI is InChI=1S/C17H18N2O2/c1-11-9-13(17(20)21)5-6-15(11)19-10-14-4-2-3-12-7-8-18-16(12)14/h2-6,9,18-19H,7-8,10H2,1H3,(H,20,21). The van der Waals surface area contributed by atoms with E-state index in [1.165, 1.54) is 16.8 Å². The van der Waals surface area contributed by atoms with Crippen LogP contribution in [0.2, 0.25) is 0 Å². The van der Waals surface area contributed by atoms with Gasteiger partial charge in [0.25, 0.3) is 0 Å². The molecule has 0 bridgehead atoms. The average Bonchev–Trinajstić information content (AvgIpc) is 2.94. The summed E-state index contributed by atoms with van der Waals surface area (Å²) in [7, 11) is 0. The molecule has 0 aliphatic carbocycles.